The minimum absolute atomic E-state index is 0.164. The van der Waals surface area contributed by atoms with Crippen LogP contribution in [0.1, 0.15) is 50.3 Å². The minimum atomic E-state index is -2.33. The molecule has 3 fully saturated rings. The van der Waals surface area contributed by atoms with Gasteiger partial charge in [-0.05, 0) is 74.1 Å². The Morgan fingerprint density at radius 2 is 1.80 bits per heavy atom. The van der Waals surface area contributed by atoms with E-state index in [1.54, 1.807) is 11.4 Å². The highest BCUT2D eigenvalue weighted by Crippen LogP contribution is 2.74. The largest absolute Gasteiger partial charge is 0.378 e. The van der Waals surface area contributed by atoms with Gasteiger partial charge >= 0.3 is 0 Å². The van der Waals surface area contributed by atoms with Gasteiger partial charge in [-0.2, -0.15) is 0 Å². The Bertz CT molecular complexity index is 1180. The van der Waals surface area contributed by atoms with Crippen molar-refractivity contribution in [1.29, 1.82) is 0 Å². The Morgan fingerprint density at radius 1 is 1.10 bits per heavy atom. The van der Waals surface area contributed by atoms with E-state index in [1.165, 1.54) is 16.7 Å². The van der Waals surface area contributed by atoms with Crippen LogP contribution in [0.15, 0.2) is 66.7 Å². The predicted octanol–water partition coefficient (Wildman–Crippen LogP) is 7.57. The van der Waals surface area contributed by atoms with Gasteiger partial charge in [0.05, 0.1) is 31.5 Å². The van der Waals surface area contributed by atoms with E-state index in [4.69, 9.17) is 37.2 Å². The topological polar surface area (TPSA) is 34.2 Å². The molecule has 0 amide bonds. The van der Waals surface area contributed by atoms with Crippen molar-refractivity contribution in [3.8, 4) is 0 Å². The summed E-state index contributed by atoms with van der Waals surface area (Å²) in [5.74, 6) is 0.572. The van der Waals surface area contributed by atoms with Crippen LogP contribution in [-0.4, -0.2) is 73.2 Å². The highest BCUT2D eigenvalue weighted by atomic mass is 35.5. The molecule has 1 unspecified atom stereocenters. The van der Waals surface area contributed by atoms with Crippen LogP contribution in [-0.2, 0) is 25.6 Å². The SMILES string of the molecule is C=C(C)[C@H]1CC[C@@]2(C)O[P@](=S)(OCCOCCN3CCN(C(c4ccccc4)c4ccc(Cl)cc4)CC3)S[C@@H]2C1. The van der Waals surface area contributed by atoms with Crippen LogP contribution in [0.2, 0.25) is 5.02 Å². The van der Waals surface area contributed by atoms with Crippen LogP contribution in [0.5, 0.6) is 0 Å². The van der Waals surface area contributed by atoms with E-state index in [2.05, 4.69) is 72.7 Å². The van der Waals surface area contributed by atoms with Crippen molar-refractivity contribution in [2.24, 2.45) is 5.92 Å². The lowest BCUT2D eigenvalue weighted by Gasteiger charge is -2.39. The average Bonchev–Trinajstić information content (AvgIpc) is 3.22. The first-order chi connectivity index (χ1) is 19.2. The van der Waals surface area contributed by atoms with Gasteiger partial charge in [0.25, 0.3) is 0 Å². The minimum Gasteiger partial charge on any atom is -0.378 e. The fourth-order valence-electron chi connectivity index (χ4n) is 6.09. The Balaban J connectivity index is 1.03. The Labute approximate surface area is 254 Å². The molecule has 40 heavy (non-hydrogen) atoms. The lowest BCUT2D eigenvalue weighted by atomic mass is 9.77. The number of ether oxygens (including phenoxy) is 1. The Morgan fingerprint density at radius 3 is 2.50 bits per heavy atom. The standard InChI is InChI=1S/C31H42ClN2O3PS2/c1-24(2)27-13-14-31(3)29(23-27)40-38(39,37-31)36-22-21-35-20-19-33-15-17-34(18-16-33)30(25-7-5-4-6-8-25)26-9-11-28(32)12-10-26/h4-12,27,29-30H,1,13-23H2,2-3H3/t27-,29+,30?,31+,38-/m0/s1. The van der Waals surface area contributed by atoms with E-state index < -0.39 is 5.69 Å². The van der Waals surface area contributed by atoms with Gasteiger partial charge in [-0.15, -0.1) is 0 Å². The number of allylic oxidation sites excluding steroid dienone is 1. The average molecular weight is 621 g/mol. The van der Waals surface area contributed by atoms with Gasteiger partial charge < -0.3 is 13.8 Å². The normalized spacial score (nSPS) is 30.2. The quantitative estimate of drug-likeness (QED) is 0.146. The third kappa shape index (κ3) is 7.61. The van der Waals surface area contributed by atoms with Crippen molar-refractivity contribution in [3.05, 3.63) is 82.9 Å². The van der Waals surface area contributed by atoms with Crippen LogP contribution >= 0.6 is 28.7 Å². The molecular weight excluding hydrogens is 579 g/mol. The van der Waals surface area contributed by atoms with Gasteiger partial charge in [0.1, 0.15) is 0 Å². The summed E-state index contributed by atoms with van der Waals surface area (Å²) in [4.78, 5) is 5.06. The van der Waals surface area contributed by atoms with Gasteiger partial charge in [-0.1, -0.05) is 77.6 Å². The molecule has 5 nitrogen and oxygen atoms in total. The van der Waals surface area contributed by atoms with Crippen molar-refractivity contribution in [2.75, 3.05) is 52.5 Å². The maximum Gasteiger partial charge on any atom is 0.248 e. The first-order valence-electron chi connectivity index (χ1n) is 14.4. The summed E-state index contributed by atoms with van der Waals surface area (Å²) in [6, 6.07) is 19.3. The van der Waals surface area contributed by atoms with Gasteiger partial charge in [0, 0.05) is 43.0 Å². The zero-order valence-corrected chi connectivity index (χ0v) is 27.0. The number of halogens is 1. The highest BCUT2D eigenvalue weighted by Gasteiger charge is 2.53. The third-order valence-electron chi connectivity index (χ3n) is 8.54. The molecule has 2 aromatic rings. The zero-order chi connectivity index (χ0) is 28.2. The van der Waals surface area contributed by atoms with Crippen LogP contribution in [0, 0.1) is 5.92 Å². The number of nitrogens with zero attached hydrogens (tertiary/aromatic N) is 2. The number of rotatable bonds is 11. The summed E-state index contributed by atoms with van der Waals surface area (Å²) in [5, 5.41) is 1.17. The molecule has 2 aromatic carbocycles. The van der Waals surface area contributed by atoms with E-state index in [-0.39, 0.29) is 11.6 Å². The third-order valence-corrected chi connectivity index (χ3v) is 14.5. The van der Waals surface area contributed by atoms with Crippen molar-refractivity contribution < 1.29 is 13.8 Å². The van der Waals surface area contributed by atoms with Crippen LogP contribution < -0.4 is 0 Å². The zero-order valence-electron chi connectivity index (χ0n) is 23.7. The molecule has 5 rings (SSSR count). The molecule has 9 heteroatoms. The van der Waals surface area contributed by atoms with Crippen molar-refractivity contribution >= 4 is 40.5 Å². The molecule has 0 radical (unpaired) electrons. The number of benzene rings is 2. The molecule has 1 aliphatic carbocycles. The van der Waals surface area contributed by atoms with Gasteiger partial charge in [0.15, 0.2) is 0 Å². The summed E-state index contributed by atoms with van der Waals surface area (Å²) in [6.07, 6.45) is 3.25. The van der Waals surface area contributed by atoms with Crippen molar-refractivity contribution in [2.45, 2.75) is 50.0 Å². The second-order valence-electron chi connectivity index (χ2n) is 11.5. The summed E-state index contributed by atoms with van der Waals surface area (Å²) >= 11 is 13.8. The van der Waals surface area contributed by atoms with E-state index in [0.717, 1.165) is 57.0 Å². The second kappa shape index (κ2) is 13.7. The lowest BCUT2D eigenvalue weighted by Crippen LogP contribution is -2.48. The summed E-state index contributed by atoms with van der Waals surface area (Å²) < 4.78 is 18.5. The molecule has 0 N–H and O–H groups in total. The van der Waals surface area contributed by atoms with Crippen molar-refractivity contribution in [3.63, 3.8) is 0 Å². The predicted molar refractivity (Wildman–Crippen MR) is 172 cm³/mol. The molecule has 2 heterocycles. The van der Waals surface area contributed by atoms with E-state index >= 15 is 0 Å². The molecule has 1 saturated carbocycles. The highest BCUT2D eigenvalue weighted by molar-refractivity contribution is 8.68. The number of fused-ring (bicyclic) bond motifs is 1. The Hall–Kier alpha value is -0.730. The van der Waals surface area contributed by atoms with E-state index in [1.807, 2.05) is 12.1 Å². The fourth-order valence-corrected chi connectivity index (χ4v) is 13.1. The van der Waals surface area contributed by atoms with Gasteiger partial charge in [-0.3, -0.25) is 9.80 Å². The first-order valence-corrected chi connectivity index (χ1v) is 18.9. The molecule has 0 spiro atoms. The van der Waals surface area contributed by atoms with E-state index in [9.17, 15) is 0 Å². The molecule has 218 valence electrons. The van der Waals surface area contributed by atoms with E-state index in [0.29, 0.717) is 31.0 Å². The molecular formula is C31H42ClN2O3PS2. The smallest absolute Gasteiger partial charge is 0.248 e. The molecule has 3 aliphatic rings. The van der Waals surface area contributed by atoms with Gasteiger partial charge in [0.2, 0.25) is 5.69 Å². The lowest BCUT2D eigenvalue weighted by molar-refractivity contribution is 0.0391. The maximum atomic E-state index is 6.43. The molecule has 2 saturated heterocycles. The number of piperazine rings is 1. The maximum absolute atomic E-state index is 6.43. The molecule has 2 aliphatic heterocycles. The summed E-state index contributed by atoms with van der Waals surface area (Å²) in [5.41, 5.74) is 1.38. The Kier molecular flexibility index (Phi) is 10.5. The summed E-state index contributed by atoms with van der Waals surface area (Å²) in [6.45, 7) is 15.2. The molecule has 0 bridgehead atoms. The number of hydrogen-bond donors (Lipinski definition) is 0. The second-order valence-corrected chi connectivity index (χ2v) is 18.2. The monoisotopic (exact) mass is 620 g/mol. The molecule has 0 aromatic heterocycles. The first kappa shape index (κ1) is 30.7. The fraction of sp³-hybridized carbons (Fsp3) is 0.548. The summed E-state index contributed by atoms with van der Waals surface area (Å²) in [7, 11) is 0. The van der Waals surface area contributed by atoms with Gasteiger partial charge in [-0.25, -0.2) is 0 Å². The van der Waals surface area contributed by atoms with Crippen LogP contribution in [0.3, 0.4) is 0 Å². The number of hydrogen-bond acceptors (Lipinski definition) is 7. The van der Waals surface area contributed by atoms with Crippen LogP contribution in [0.4, 0.5) is 0 Å². The van der Waals surface area contributed by atoms with Crippen LogP contribution in [0.25, 0.3) is 0 Å². The molecule has 5 atom stereocenters. The van der Waals surface area contributed by atoms with Crippen molar-refractivity contribution in [1.82, 2.24) is 9.80 Å².